The molecular formula is C17H17NO7. The molecule has 3 aliphatic heterocycles. The van der Waals surface area contributed by atoms with Gasteiger partial charge in [0.1, 0.15) is 18.3 Å². The SMILES string of the molecule is CC1(C)O[C@@H]2[C@@H](O)C=C3c4cc5c(c(O)c4C(=O)NC3[C@@H]2O1)OCO5. The van der Waals surface area contributed by atoms with Gasteiger partial charge in [0, 0.05) is 5.56 Å². The molecule has 0 aromatic heterocycles. The molecule has 1 amide bonds. The number of ether oxygens (including phenoxy) is 4. The lowest BCUT2D eigenvalue weighted by atomic mass is 9.79. The van der Waals surface area contributed by atoms with Crippen molar-refractivity contribution in [3.05, 3.63) is 23.3 Å². The second-order valence-corrected chi connectivity index (χ2v) is 7.01. The van der Waals surface area contributed by atoms with Crippen LogP contribution in [0.3, 0.4) is 0 Å². The lowest BCUT2D eigenvalue weighted by Gasteiger charge is -2.38. The van der Waals surface area contributed by atoms with Crippen LogP contribution in [0.15, 0.2) is 12.1 Å². The first kappa shape index (κ1) is 15.0. The van der Waals surface area contributed by atoms with Crippen molar-refractivity contribution in [2.45, 2.75) is 44.0 Å². The summed E-state index contributed by atoms with van der Waals surface area (Å²) >= 11 is 0. The maximum absolute atomic E-state index is 12.6. The summed E-state index contributed by atoms with van der Waals surface area (Å²) in [7, 11) is 0. The topological polar surface area (TPSA) is 106 Å². The van der Waals surface area contributed by atoms with Gasteiger partial charge in [0.25, 0.3) is 5.91 Å². The van der Waals surface area contributed by atoms with Crippen LogP contribution in [0.1, 0.15) is 29.8 Å². The van der Waals surface area contributed by atoms with Gasteiger partial charge in [-0.05, 0) is 31.6 Å². The molecule has 4 aliphatic rings. The monoisotopic (exact) mass is 347 g/mol. The van der Waals surface area contributed by atoms with Crippen molar-refractivity contribution in [3.8, 4) is 17.2 Å². The zero-order chi connectivity index (χ0) is 17.5. The molecule has 1 aromatic carbocycles. The van der Waals surface area contributed by atoms with Gasteiger partial charge in [-0.2, -0.15) is 0 Å². The number of carbonyl (C=O) groups excluding carboxylic acids is 1. The number of phenols is 1. The van der Waals surface area contributed by atoms with Gasteiger partial charge in [-0.15, -0.1) is 0 Å². The minimum Gasteiger partial charge on any atom is -0.504 e. The number of amides is 1. The van der Waals surface area contributed by atoms with Crippen LogP contribution < -0.4 is 14.8 Å². The van der Waals surface area contributed by atoms with E-state index in [-0.39, 0.29) is 23.9 Å². The number of fused-ring (bicyclic) bond motifs is 6. The molecule has 0 saturated carbocycles. The quantitative estimate of drug-likeness (QED) is 0.628. The highest BCUT2D eigenvalue weighted by atomic mass is 16.8. The first-order valence-corrected chi connectivity index (χ1v) is 8.08. The van der Waals surface area contributed by atoms with E-state index in [9.17, 15) is 15.0 Å². The minimum absolute atomic E-state index is 0.0195. The fraction of sp³-hybridized carbons (Fsp3) is 0.471. The van der Waals surface area contributed by atoms with E-state index in [1.165, 1.54) is 0 Å². The van der Waals surface area contributed by atoms with Crippen molar-refractivity contribution in [3.63, 3.8) is 0 Å². The van der Waals surface area contributed by atoms with Crippen molar-refractivity contribution >= 4 is 11.5 Å². The van der Waals surface area contributed by atoms with E-state index in [1.54, 1.807) is 26.0 Å². The Balaban J connectivity index is 1.68. The highest BCUT2D eigenvalue weighted by Crippen LogP contribution is 2.50. The Labute approximate surface area is 142 Å². The number of benzene rings is 1. The number of rotatable bonds is 0. The van der Waals surface area contributed by atoms with E-state index in [1.807, 2.05) is 0 Å². The summed E-state index contributed by atoms with van der Waals surface area (Å²) in [5, 5.41) is 23.8. The molecule has 4 atom stereocenters. The molecule has 0 spiro atoms. The van der Waals surface area contributed by atoms with Crippen LogP contribution in [0.4, 0.5) is 0 Å². The Morgan fingerprint density at radius 3 is 2.80 bits per heavy atom. The van der Waals surface area contributed by atoms with Crippen molar-refractivity contribution in [2.75, 3.05) is 6.79 Å². The Hall–Kier alpha value is -2.29. The number of carbonyl (C=O) groups is 1. The summed E-state index contributed by atoms with van der Waals surface area (Å²) in [6, 6.07) is 1.16. The zero-order valence-corrected chi connectivity index (χ0v) is 13.6. The standard InChI is InChI=1S/C17H17NO7/c1-17(2)24-13-8(19)3-7-6-4-9-14(23-5-22-9)12(20)10(6)16(21)18-11(7)15(13)25-17/h3-4,8,11,13,15,19-20H,5H2,1-2H3,(H,18,21)/t8-,11?,13+,15-/m0/s1. The molecule has 3 N–H and O–H groups in total. The number of aliphatic hydroxyl groups is 1. The van der Waals surface area contributed by atoms with Gasteiger partial charge in [0.05, 0.1) is 11.6 Å². The van der Waals surface area contributed by atoms with Gasteiger partial charge in [-0.1, -0.05) is 0 Å². The van der Waals surface area contributed by atoms with E-state index in [0.717, 1.165) is 0 Å². The predicted molar refractivity (Wildman–Crippen MR) is 83.3 cm³/mol. The lowest BCUT2D eigenvalue weighted by molar-refractivity contribution is -0.152. The fourth-order valence-electron chi connectivity index (χ4n) is 4.01. The number of hydrogen-bond acceptors (Lipinski definition) is 7. The highest BCUT2D eigenvalue weighted by molar-refractivity contribution is 6.07. The molecule has 0 radical (unpaired) electrons. The molecule has 5 rings (SSSR count). The number of phenolic OH excluding ortho intramolecular Hbond substituents is 1. The molecule has 8 nitrogen and oxygen atoms in total. The molecule has 0 bridgehead atoms. The van der Waals surface area contributed by atoms with E-state index in [0.29, 0.717) is 16.9 Å². The van der Waals surface area contributed by atoms with Gasteiger partial charge in [-0.25, -0.2) is 0 Å². The molecule has 1 saturated heterocycles. The number of hydrogen-bond donors (Lipinski definition) is 3. The van der Waals surface area contributed by atoms with E-state index >= 15 is 0 Å². The normalized spacial score (nSPS) is 33.9. The van der Waals surface area contributed by atoms with Crippen molar-refractivity contribution in [2.24, 2.45) is 0 Å². The summed E-state index contributed by atoms with van der Waals surface area (Å²) in [5.41, 5.74) is 1.27. The Kier molecular flexibility index (Phi) is 2.80. The third kappa shape index (κ3) is 1.95. The van der Waals surface area contributed by atoms with Crippen LogP contribution in [-0.2, 0) is 9.47 Å². The van der Waals surface area contributed by atoms with Crippen molar-refractivity contribution < 1.29 is 34.0 Å². The molecule has 3 heterocycles. The van der Waals surface area contributed by atoms with Crippen LogP contribution in [0.25, 0.3) is 5.57 Å². The maximum Gasteiger partial charge on any atom is 0.256 e. The molecule has 25 heavy (non-hydrogen) atoms. The maximum atomic E-state index is 12.6. The minimum atomic E-state index is -0.895. The van der Waals surface area contributed by atoms with Gasteiger partial charge >= 0.3 is 0 Å². The summed E-state index contributed by atoms with van der Waals surface area (Å²) in [6.45, 7) is 3.51. The predicted octanol–water partition coefficient (Wildman–Crippen LogP) is 0.511. The van der Waals surface area contributed by atoms with E-state index < -0.39 is 36.0 Å². The fourth-order valence-corrected chi connectivity index (χ4v) is 4.01. The Bertz CT molecular complexity index is 831. The van der Waals surface area contributed by atoms with Crippen LogP contribution in [0.5, 0.6) is 17.2 Å². The highest BCUT2D eigenvalue weighted by Gasteiger charge is 2.53. The third-order valence-electron chi connectivity index (χ3n) is 4.98. The zero-order valence-electron chi connectivity index (χ0n) is 13.6. The molecule has 1 fully saturated rings. The smallest absolute Gasteiger partial charge is 0.256 e. The van der Waals surface area contributed by atoms with Crippen molar-refractivity contribution in [1.29, 1.82) is 0 Å². The van der Waals surface area contributed by atoms with Crippen LogP contribution >= 0.6 is 0 Å². The first-order chi connectivity index (χ1) is 11.9. The molecular weight excluding hydrogens is 330 g/mol. The van der Waals surface area contributed by atoms with E-state index in [2.05, 4.69) is 5.32 Å². The van der Waals surface area contributed by atoms with Gasteiger partial charge in [-0.3, -0.25) is 4.79 Å². The Morgan fingerprint density at radius 1 is 1.24 bits per heavy atom. The molecule has 132 valence electrons. The van der Waals surface area contributed by atoms with Crippen LogP contribution in [-0.4, -0.2) is 53.1 Å². The second-order valence-electron chi connectivity index (χ2n) is 7.01. The largest absolute Gasteiger partial charge is 0.504 e. The second kappa shape index (κ2) is 4.66. The van der Waals surface area contributed by atoms with Gasteiger partial charge < -0.3 is 34.5 Å². The van der Waals surface area contributed by atoms with Gasteiger partial charge in [0.15, 0.2) is 17.3 Å². The van der Waals surface area contributed by atoms with Crippen LogP contribution in [0.2, 0.25) is 0 Å². The summed E-state index contributed by atoms with van der Waals surface area (Å²) in [4.78, 5) is 12.6. The average Bonchev–Trinajstić information content (AvgIpc) is 3.12. The average molecular weight is 347 g/mol. The number of aromatic hydroxyl groups is 1. The van der Waals surface area contributed by atoms with Crippen molar-refractivity contribution in [1.82, 2.24) is 5.32 Å². The summed E-state index contributed by atoms with van der Waals surface area (Å²) < 4.78 is 22.3. The lowest BCUT2D eigenvalue weighted by Crippen LogP contribution is -2.56. The first-order valence-electron chi connectivity index (χ1n) is 8.08. The number of aliphatic hydroxyl groups excluding tert-OH is 1. The molecule has 8 heteroatoms. The molecule has 1 unspecified atom stereocenters. The summed E-state index contributed by atoms with van der Waals surface area (Å²) in [5.74, 6) is -1.03. The summed E-state index contributed by atoms with van der Waals surface area (Å²) in [6.07, 6.45) is -0.368. The third-order valence-corrected chi connectivity index (χ3v) is 4.98. The molecule has 1 aromatic rings. The van der Waals surface area contributed by atoms with Crippen LogP contribution in [0, 0.1) is 0 Å². The number of nitrogens with one attached hydrogen (secondary N) is 1. The van der Waals surface area contributed by atoms with Gasteiger partial charge in [0.2, 0.25) is 12.5 Å². The van der Waals surface area contributed by atoms with E-state index in [4.69, 9.17) is 18.9 Å². The Morgan fingerprint density at radius 2 is 2.00 bits per heavy atom. The molecule has 1 aliphatic carbocycles.